The first kappa shape index (κ1) is 42.6. The number of hydrogen-bond acceptors (Lipinski definition) is 14. The number of aliphatic hydroxyl groups excluding tert-OH is 2. The molecule has 0 fully saturated rings. The van der Waals surface area contributed by atoms with Gasteiger partial charge in [-0.2, -0.15) is 31.8 Å². The van der Waals surface area contributed by atoms with E-state index in [0.29, 0.717) is 22.6 Å². The third-order valence-electron chi connectivity index (χ3n) is 7.05. The highest BCUT2D eigenvalue weighted by atomic mass is 32.1. The number of rotatable bonds is 16. The molecule has 6 aromatic rings. The summed E-state index contributed by atoms with van der Waals surface area (Å²) in [7, 11) is 0. The highest BCUT2D eigenvalue weighted by molar-refractivity contribution is 7.59. The summed E-state index contributed by atoms with van der Waals surface area (Å²) in [6.07, 6.45) is 1.18. The van der Waals surface area contributed by atoms with Gasteiger partial charge in [0, 0.05) is 0 Å². The Balaban J connectivity index is 0.000000280. The maximum absolute atomic E-state index is 12.0. The lowest BCUT2D eigenvalue weighted by Crippen LogP contribution is -2.24. The average molecular weight is 777 g/mol. The first-order valence-corrected chi connectivity index (χ1v) is 16.1. The lowest BCUT2D eigenvalue weighted by Gasteiger charge is -2.12. The number of carbonyl (C=O) groups excluding carboxylic acids is 2. The molecule has 4 aromatic carbocycles. The Morgan fingerprint density at radius 3 is 1.52 bits per heavy atom. The molecule has 16 nitrogen and oxygen atoms in total. The Hall–Kier alpha value is -5.82. The minimum absolute atomic E-state index is 0. The van der Waals surface area contributed by atoms with Crippen LogP contribution in [0.4, 0.5) is 0 Å². The van der Waals surface area contributed by atoms with E-state index in [2.05, 4.69) is 30.9 Å². The number of tetrazole rings is 2. The van der Waals surface area contributed by atoms with Gasteiger partial charge in [0.1, 0.15) is 56.5 Å². The van der Waals surface area contributed by atoms with Crippen molar-refractivity contribution in [2.24, 2.45) is 0 Å². The van der Waals surface area contributed by atoms with Gasteiger partial charge in [0.25, 0.3) is 0 Å². The van der Waals surface area contributed by atoms with Crippen LogP contribution in [0.3, 0.4) is 0 Å². The minimum Gasteiger partial charge on any atom is -0.491 e. The van der Waals surface area contributed by atoms with Crippen molar-refractivity contribution in [1.29, 1.82) is 0 Å². The van der Waals surface area contributed by atoms with Crippen LogP contribution in [0.15, 0.2) is 122 Å². The van der Waals surface area contributed by atoms with Gasteiger partial charge < -0.3 is 29.2 Å². The number of aromatic nitrogens is 8. The molecule has 0 bridgehead atoms. The fraction of sp³-hybridized carbons (Fsp3) is 0.222. The number of carbonyl (C=O) groups is 2. The molecule has 0 spiro atoms. The van der Waals surface area contributed by atoms with Crippen molar-refractivity contribution in [3.63, 3.8) is 0 Å². The van der Waals surface area contributed by atoms with Gasteiger partial charge in [0.2, 0.25) is 0 Å². The molecule has 54 heavy (non-hydrogen) atoms. The van der Waals surface area contributed by atoms with Crippen molar-refractivity contribution in [3.05, 3.63) is 144 Å². The first-order chi connectivity index (χ1) is 25.4. The van der Waals surface area contributed by atoms with Gasteiger partial charge in [0.05, 0.1) is 24.2 Å². The Bertz CT molecular complexity index is 1770. The van der Waals surface area contributed by atoms with E-state index >= 15 is 0 Å². The molecule has 0 aliphatic heterocycles. The molecule has 0 aliphatic rings. The summed E-state index contributed by atoms with van der Waals surface area (Å²) in [5.74, 6) is 0.271. The Morgan fingerprint density at radius 1 is 0.611 bits per heavy atom. The predicted molar refractivity (Wildman–Crippen MR) is 203 cm³/mol. The standard InChI is InChI=1S/2C18H18N4O4.2H2S/c23-16(10-22-13-19-20-21-22)12-25-17-8-6-15(7-9-17)18(24)26-11-14-4-2-1-3-5-14;23-16(10-22-20-13-19-21-22)12-25-17-8-6-15(7-9-17)18(24)26-11-14-4-2-1-3-5-14;;/h2*1-9,13,16,23H,10-12H2;2*1H2/t2*16-;;/m00../s1. The molecule has 0 amide bonds. The zero-order valence-electron chi connectivity index (χ0n) is 28.9. The highest BCUT2D eigenvalue weighted by Gasteiger charge is 2.12. The van der Waals surface area contributed by atoms with Crippen molar-refractivity contribution < 1.29 is 38.7 Å². The van der Waals surface area contributed by atoms with Gasteiger partial charge in [-0.15, -0.1) is 15.3 Å². The lowest BCUT2D eigenvalue weighted by molar-refractivity contribution is 0.0464. The van der Waals surface area contributed by atoms with E-state index < -0.39 is 24.1 Å². The van der Waals surface area contributed by atoms with Gasteiger partial charge in [-0.05, 0) is 75.3 Å². The highest BCUT2D eigenvalue weighted by Crippen LogP contribution is 2.16. The fourth-order valence-corrected chi connectivity index (χ4v) is 4.42. The summed E-state index contributed by atoms with van der Waals surface area (Å²) in [5.41, 5.74) is 2.72. The van der Waals surface area contributed by atoms with Crippen molar-refractivity contribution >= 4 is 38.9 Å². The fourth-order valence-electron chi connectivity index (χ4n) is 4.42. The first-order valence-electron chi connectivity index (χ1n) is 16.1. The van der Waals surface area contributed by atoms with Crippen LogP contribution in [-0.2, 0) is 35.8 Å². The minimum atomic E-state index is -0.778. The second-order valence-corrected chi connectivity index (χ2v) is 11.1. The molecule has 0 aliphatic carbocycles. The zero-order chi connectivity index (χ0) is 36.4. The van der Waals surface area contributed by atoms with Crippen LogP contribution in [0.1, 0.15) is 31.8 Å². The van der Waals surface area contributed by atoms with E-state index in [-0.39, 0.29) is 66.5 Å². The largest absolute Gasteiger partial charge is 0.491 e. The van der Waals surface area contributed by atoms with Crippen molar-refractivity contribution in [3.8, 4) is 11.5 Å². The van der Waals surface area contributed by atoms with Crippen LogP contribution in [0.25, 0.3) is 0 Å². The van der Waals surface area contributed by atoms with Crippen LogP contribution < -0.4 is 9.47 Å². The zero-order valence-corrected chi connectivity index (χ0v) is 30.9. The Labute approximate surface area is 324 Å². The maximum atomic E-state index is 12.0. The molecule has 2 N–H and O–H groups in total. The van der Waals surface area contributed by atoms with Crippen LogP contribution in [0.5, 0.6) is 11.5 Å². The van der Waals surface area contributed by atoms with E-state index in [0.717, 1.165) is 11.1 Å². The van der Waals surface area contributed by atoms with Crippen LogP contribution in [0, 0.1) is 0 Å². The van der Waals surface area contributed by atoms with Crippen LogP contribution in [-0.4, -0.2) is 88.0 Å². The van der Waals surface area contributed by atoms with Crippen molar-refractivity contribution in [1.82, 2.24) is 40.4 Å². The molecule has 2 atom stereocenters. The quantitative estimate of drug-likeness (QED) is 0.136. The predicted octanol–water partition coefficient (Wildman–Crippen LogP) is 3.17. The molecule has 0 saturated heterocycles. The average Bonchev–Trinajstić information content (AvgIpc) is 3.91. The molecular formula is C36H40N8O8S2. The van der Waals surface area contributed by atoms with E-state index in [4.69, 9.17) is 18.9 Å². The molecule has 0 unspecified atom stereocenters. The maximum Gasteiger partial charge on any atom is 0.338 e. The summed E-state index contributed by atoms with van der Waals surface area (Å²) in [6, 6.07) is 32.1. The number of hydrogen-bond donors (Lipinski definition) is 2. The van der Waals surface area contributed by atoms with E-state index in [1.165, 1.54) is 22.1 Å². The van der Waals surface area contributed by atoms with Gasteiger partial charge >= 0.3 is 11.9 Å². The third kappa shape index (κ3) is 14.7. The number of nitrogens with zero attached hydrogens (tertiary/aromatic N) is 8. The number of esters is 2. The number of ether oxygens (including phenoxy) is 4. The molecule has 284 valence electrons. The van der Waals surface area contributed by atoms with Gasteiger partial charge in [-0.1, -0.05) is 60.7 Å². The SMILES string of the molecule is O=C(OCc1ccccc1)c1ccc(OC[C@@H](O)Cn2cnnn2)cc1.O=C(OCc1ccccc1)c1ccc(OC[C@@H](O)Cn2ncnn2)cc1.S.S. The Morgan fingerprint density at radius 2 is 1.09 bits per heavy atom. The van der Waals surface area contributed by atoms with Crippen LogP contribution in [0.2, 0.25) is 0 Å². The summed E-state index contributed by atoms with van der Waals surface area (Å²) in [5, 5.41) is 41.5. The number of benzene rings is 4. The topological polar surface area (TPSA) is 199 Å². The summed E-state index contributed by atoms with van der Waals surface area (Å²) < 4.78 is 22.9. The van der Waals surface area contributed by atoms with Crippen molar-refractivity contribution in [2.75, 3.05) is 13.2 Å². The molecule has 0 saturated carbocycles. The summed E-state index contributed by atoms with van der Waals surface area (Å²) in [4.78, 5) is 25.4. The second-order valence-electron chi connectivity index (χ2n) is 11.1. The lowest BCUT2D eigenvalue weighted by atomic mass is 10.2. The second kappa shape index (κ2) is 23.0. The molecular weight excluding hydrogens is 737 g/mol. The summed E-state index contributed by atoms with van der Waals surface area (Å²) >= 11 is 0. The van der Waals surface area contributed by atoms with E-state index in [1.807, 2.05) is 60.7 Å². The Kier molecular flexibility index (Phi) is 18.1. The summed E-state index contributed by atoms with van der Waals surface area (Å²) in [6.45, 7) is 1.01. The molecule has 6 rings (SSSR count). The molecule has 0 radical (unpaired) electrons. The number of aliphatic hydroxyl groups is 2. The molecule has 2 aromatic heterocycles. The van der Waals surface area contributed by atoms with Gasteiger partial charge in [-0.25, -0.2) is 14.3 Å². The molecule has 18 heteroatoms. The third-order valence-corrected chi connectivity index (χ3v) is 7.05. The van der Waals surface area contributed by atoms with E-state index in [1.54, 1.807) is 48.5 Å². The van der Waals surface area contributed by atoms with Gasteiger partial charge in [0.15, 0.2) is 6.33 Å². The smallest absolute Gasteiger partial charge is 0.338 e. The monoisotopic (exact) mass is 776 g/mol. The normalized spacial score (nSPS) is 11.3. The van der Waals surface area contributed by atoms with Crippen LogP contribution >= 0.6 is 27.0 Å². The molecule has 2 heterocycles. The van der Waals surface area contributed by atoms with Crippen molar-refractivity contribution in [2.45, 2.75) is 38.5 Å². The van der Waals surface area contributed by atoms with E-state index in [9.17, 15) is 19.8 Å². The van der Waals surface area contributed by atoms with Gasteiger partial charge in [-0.3, -0.25) is 0 Å².